The molecule has 0 saturated heterocycles. The summed E-state index contributed by atoms with van der Waals surface area (Å²) >= 11 is 5.71. The van der Waals surface area contributed by atoms with Crippen molar-refractivity contribution in [2.75, 3.05) is 5.88 Å². The van der Waals surface area contributed by atoms with Crippen molar-refractivity contribution in [1.29, 1.82) is 0 Å². The lowest BCUT2D eigenvalue weighted by Gasteiger charge is -2.38. The van der Waals surface area contributed by atoms with Crippen LogP contribution in [0, 0.1) is 0 Å². The molecule has 17 heavy (non-hydrogen) atoms. The van der Waals surface area contributed by atoms with Crippen molar-refractivity contribution in [1.82, 2.24) is 4.90 Å². The van der Waals surface area contributed by atoms with Crippen LogP contribution in [-0.4, -0.2) is 22.2 Å². The second-order valence-electron chi connectivity index (χ2n) is 4.69. The second-order valence-corrected chi connectivity index (χ2v) is 4.95. The number of amides is 1. The number of halogens is 1. The molecule has 1 rings (SSSR count). The van der Waals surface area contributed by atoms with Gasteiger partial charge in [-0.15, -0.1) is 11.6 Å². The molecule has 0 spiro atoms. The quantitative estimate of drug-likeness (QED) is 0.701. The van der Waals surface area contributed by atoms with Gasteiger partial charge in [0.2, 0.25) is 5.91 Å². The van der Waals surface area contributed by atoms with E-state index < -0.39 is 0 Å². The van der Waals surface area contributed by atoms with Crippen molar-refractivity contribution in [3.8, 4) is 0 Å². The maximum Gasteiger partial charge on any atom is 0.242 e. The average molecular weight is 254 g/mol. The molecule has 0 radical (unpaired) electrons. The van der Waals surface area contributed by atoms with Crippen LogP contribution in [0.4, 0.5) is 0 Å². The van der Waals surface area contributed by atoms with Crippen molar-refractivity contribution in [2.45, 2.75) is 39.2 Å². The van der Waals surface area contributed by atoms with Gasteiger partial charge in [-0.05, 0) is 38.8 Å². The van der Waals surface area contributed by atoms with Crippen LogP contribution in [0.1, 0.15) is 33.6 Å². The zero-order chi connectivity index (χ0) is 12.9. The third kappa shape index (κ3) is 3.47. The van der Waals surface area contributed by atoms with E-state index in [1.807, 2.05) is 18.2 Å². The number of rotatable bonds is 4. The number of carbonyl (C=O) groups is 1. The highest BCUT2D eigenvalue weighted by Gasteiger charge is 2.30. The lowest BCUT2D eigenvalue weighted by molar-refractivity contribution is -0.130. The van der Waals surface area contributed by atoms with E-state index in [0.29, 0.717) is 0 Å². The summed E-state index contributed by atoms with van der Waals surface area (Å²) in [7, 11) is 0. The molecule has 0 aliphatic heterocycles. The molecule has 3 heteroatoms. The molecule has 0 unspecified atom stereocenters. The number of allylic oxidation sites excluding steroid dienone is 5. The fraction of sp³-hybridized carbons (Fsp3) is 0.500. The van der Waals surface area contributed by atoms with E-state index in [0.717, 1.165) is 18.5 Å². The van der Waals surface area contributed by atoms with Crippen LogP contribution in [0.5, 0.6) is 0 Å². The SMILES string of the molecule is CCC(C)(C)N(C(=O)CCl)C1=CC=CCC=C1. The summed E-state index contributed by atoms with van der Waals surface area (Å²) in [6.07, 6.45) is 11.8. The van der Waals surface area contributed by atoms with Crippen molar-refractivity contribution in [3.63, 3.8) is 0 Å². The van der Waals surface area contributed by atoms with E-state index in [2.05, 4.69) is 32.9 Å². The van der Waals surface area contributed by atoms with Crippen molar-refractivity contribution in [2.24, 2.45) is 0 Å². The number of alkyl halides is 1. The minimum absolute atomic E-state index is 0.0122. The maximum absolute atomic E-state index is 12.0. The fourth-order valence-electron chi connectivity index (χ4n) is 1.77. The zero-order valence-electron chi connectivity index (χ0n) is 10.7. The number of carbonyl (C=O) groups excluding carboxylic acids is 1. The summed E-state index contributed by atoms with van der Waals surface area (Å²) in [5.74, 6) is -0.0390. The molecule has 1 aliphatic carbocycles. The summed E-state index contributed by atoms with van der Waals surface area (Å²) in [4.78, 5) is 13.8. The molecule has 0 aromatic carbocycles. The molecule has 1 aliphatic rings. The molecule has 2 nitrogen and oxygen atoms in total. The van der Waals surface area contributed by atoms with Gasteiger partial charge >= 0.3 is 0 Å². The lowest BCUT2D eigenvalue weighted by Crippen LogP contribution is -2.46. The standard InChI is InChI=1S/C14H20ClNO/c1-4-14(2,3)16(13(17)11-15)12-9-7-5-6-8-10-12/h5,7-10H,4,6,11H2,1-3H3. The second kappa shape index (κ2) is 6.06. The summed E-state index contributed by atoms with van der Waals surface area (Å²) in [5, 5.41) is 0. The van der Waals surface area contributed by atoms with E-state index in [4.69, 9.17) is 11.6 Å². The first-order valence-corrected chi connectivity index (χ1v) is 6.48. The van der Waals surface area contributed by atoms with Crippen molar-refractivity contribution >= 4 is 17.5 Å². The Bertz CT molecular complexity index is 366. The minimum atomic E-state index is -0.222. The molecular formula is C14H20ClNO. The largest absolute Gasteiger partial charge is 0.306 e. The molecule has 0 aromatic heterocycles. The fourth-order valence-corrected chi connectivity index (χ4v) is 1.89. The van der Waals surface area contributed by atoms with Gasteiger partial charge in [0.1, 0.15) is 5.88 Å². The van der Waals surface area contributed by atoms with E-state index in [1.54, 1.807) is 4.90 Å². The molecule has 0 atom stereocenters. The van der Waals surface area contributed by atoms with Crippen LogP contribution in [0.3, 0.4) is 0 Å². The first kappa shape index (κ1) is 14.0. The maximum atomic E-state index is 12.0. The molecule has 0 bridgehead atoms. The molecule has 0 N–H and O–H groups in total. The third-order valence-electron chi connectivity index (χ3n) is 3.06. The Morgan fingerprint density at radius 3 is 2.76 bits per heavy atom. The summed E-state index contributed by atoms with van der Waals surface area (Å²) in [5.41, 5.74) is 0.691. The predicted octanol–water partition coefficient (Wildman–Crippen LogP) is 3.64. The topological polar surface area (TPSA) is 20.3 Å². The highest BCUT2D eigenvalue weighted by molar-refractivity contribution is 6.27. The van der Waals surface area contributed by atoms with Crippen LogP contribution in [0.2, 0.25) is 0 Å². The third-order valence-corrected chi connectivity index (χ3v) is 3.28. The van der Waals surface area contributed by atoms with Gasteiger partial charge < -0.3 is 4.90 Å². The van der Waals surface area contributed by atoms with Gasteiger partial charge in [-0.1, -0.05) is 25.2 Å². The zero-order valence-corrected chi connectivity index (χ0v) is 11.5. The molecule has 0 heterocycles. The van der Waals surface area contributed by atoms with E-state index in [-0.39, 0.29) is 17.3 Å². The van der Waals surface area contributed by atoms with Gasteiger partial charge in [-0.25, -0.2) is 0 Å². The Hall–Kier alpha value is -1.02. The molecule has 0 aromatic rings. The van der Waals surface area contributed by atoms with Gasteiger partial charge in [0.05, 0.1) is 0 Å². The van der Waals surface area contributed by atoms with E-state index in [1.165, 1.54) is 0 Å². The number of nitrogens with zero attached hydrogens (tertiary/aromatic N) is 1. The van der Waals surface area contributed by atoms with Crippen LogP contribution in [-0.2, 0) is 4.79 Å². The predicted molar refractivity (Wildman–Crippen MR) is 72.9 cm³/mol. The molecule has 0 saturated carbocycles. The van der Waals surface area contributed by atoms with Crippen molar-refractivity contribution in [3.05, 3.63) is 36.1 Å². The Labute approximate surface area is 109 Å². The molecule has 1 amide bonds. The molecule has 0 fully saturated rings. The van der Waals surface area contributed by atoms with Gasteiger partial charge in [0, 0.05) is 11.2 Å². The van der Waals surface area contributed by atoms with Gasteiger partial charge in [-0.3, -0.25) is 4.79 Å². The summed E-state index contributed by atoms with van der Waals surface area (Å²) in [6, 6.07) is 0. The number of hydrogen-bond acceptors (Lipinski definition) is 1. The summed E-state index contributed by atoms with van der Waals surface area (Å²) < 4.78 is 0. The minimum Gasteiger partial charge on any atom is -0.306 e. The summed E-state index contributed by atoms with van der Waals surface area (Å²) in [6.45, 7) is 6.19. The van der Waals surface area contributed by atoms with E-state index >= 15 is 0 Å². The lowest BCUT2D eigenvalue weighted by atomic mass is 9.98. The van der Waals surface area contributed by atoms with Crippen LogP contribution < -0.4 is 0 Å². The number of hydrogen-bond donors (Lipinski definition) is 0. The monoisotopic (exact) mass is 253 g/mol. The van der Waals surface area contributed by atoms with E-state index in [9.17, 15) is 4.79 Å². The van der Waals surface area contributed by atoms with Crippen LogP contribution in [0.15, 0.2) is 36.1 Å². The highest BCUT2D eigenvalue weighted by Crippen LogP contribution is 2.25. The first-order valence-electron chi connectivity index (χ1n) is 5.95. The Kier molecular flexibility index (Phi) is 5.01. The Morgan fingerprint density at radius 1 is 1.47 bits per heavy atom. The highest BCUT2D eigenvalue weighted by atomic mass is 35.5. The average Bonchev–Trinajstić information content (AvgIpc) is 2.57. The van der Waals surface area contributed by atoms with Gasteiger partial charge in [0.25, 0.3) is 0 Å². The first-order chi connectivity index (χ1) is 8.03. The smallest absolute Gasteiger partial charge is 0.242 e. The van der Waals surface area contributed by atoms with Crippen molar-refractivity contribution < 1.29 is 4.79 Å². The molecule has 94 valence electrons. The Morgan fingerprint density at radius 2 is 2.18 bits per heavy atom. The van der Waals surface area contributed by atoms with Gasteiger partial charge in [-0.2, -0.15) is 0 Å². The Balaban J connectivity index is 3.10. The van der Waals surface area contributed by atoms with Crippen LogP contribution >= 0.6 is 11.6 Å². The molecular weight excluding hydrogens is 234 g/mol. The van der Waals surface area contributed by atoms with Crippen LogP contribution in [0.25, 0.3) is 0 Å². The normalized spacial score (nSPS) is 15.4. The van der Waals surface area contributed by atoms with Gasteiger partial charge in [0.15, 0.2) is 0 Å².